The normalized spacial score (nSPS) is 13.3. The van der Waals surface area contributed by atoms with E-state index in [-0.39, 0.29) is 18.6 Å². The number of carbonyl (C=O) groups is 1. The van der Waals surface area contributed by atoms with Crippen LogP contribution in [-0.2, 0) is 4.79 Å². The van der Waals surface area contributed by atoms with E-state index in [2.05, 4.69) is 5.32 Å². The Morgan fingerprint density at radius 3 is 2.50 bits per heavy atom. The Morgan fingerprint density at radius 1 is 1.58 bits per heavy atom. The van der Waals surface area contributed by atoms with Crippen molar-refractivity contribution in [1.29, 1.82) is 0 Å². The number of aliphatic hydroxyl groups is 1. The van der Waals surface area contributed by atoms with Gasteiger partial charge in [-0.25, -0.2) is 0 Å². The summed E-state index contributed by atoms with van der Waals surface area (Å²) in [7, 11) is 0. The second-order valence-corrected chi connectivity index (χ2v) is 3.20. The van der Waals surface area contributed by atoms with Gasteiger partial charge in [-0.05, 0) is 5.92 Å². The minimum Gasteiger partial charge on any atom is -0.395 e. The van der Waals surface area contributed by atoms with Gasteiger partial charge in [0.25, 0.3) is 0 Å². The van der Waals surface area contributed by atoms with Gasteiger partial charge in [0.2, 0.25) is 5.91 Å². The molecule has 4 nitrogen and oxygen atoms in total. The highest BCUT2D eigenvalue weighted by molar-refractivity contribution is 5.73. The van der Waals surface area contributed by atoms with Crippen LogP contribution in [0, 0.1) is 5.92 Å². The summed E-state index contributed by atoms with van der Waals surface area (Å²) in [5.74, 6) is 0.0471. The zero-order valence-corrected chi connectivity index (χ0v) is 7.71. The first-order valence-corrected chi connectivity index (χ1v) is 4.20. The van der Waals surface area contributed by atoms with Crippen molar-refractivity contribution in [1.82, 2.24) is 5.32 Å². The third-order valence-corrected chi connectivity index (χ3v) is 1.78. The summed E-state index contributed by atoms with van der Waals surface area (Å²) in [6.45, 7) is 4.66. The van der Waals surface area contributed by atoms with E-state index in [0.29, 0.717) is 18.9 Å². The third kappa shape index (κ3) is 5.09. The van der Waals surface area contributed by atoms with E-state index in [1.807, 2.05) is 13.8 Å². The van der Waals surface area contributed by atoms with Gasteiger partial charge < -0.3 is 16.2 Å². The van der Waals surface area contributed by atoms with Gasteiger partial charge in [-0.3, -0.25) is 4.79 Å². The summed E-state index contributed by atoms with van der Waals surface area (Å²) in [6, 6.07) is 0.0596. The molecule has 4 heteroatoms. The number of nitrogens with two attached hydrogens (primary N) is 1. The first-order valence-electron chi connectivity index (χ1n) is 4.20. The number of amides is 1. The second kappa shape index (κ2) is 5.97. The SMILES string of the molecule is CC(C)[C@@H](CO)NCCC(N)=O. The summed E-state index contributed by atoms with van der Waals surface area (Å²) in [5.41, 5.74) is 4.95. The van der Waals surface area contributed by atoms with Crippen LogP contribution in [0.15, 0.2) is 0 Å². The molecule has 0 heterocycles. The molecule has 0 aromatic heterocycles. The molecular formula is C8H18N2O2. The third-order valence-electron chi connectivity index (χ3n) is 1.78. The Hall–Kier alpha value is -0.610. The van der Waals surface area contributed by atoms with E-state index in [0.717, 1.165) is 0 Å². The highest BCUT2D eigenvalue weighted by Gasteiger charge is 2.10. The largest absolute Gasteiger partial charge is 0.395 e. The molecule has 0 aliphatic carbocycles. The van der Waals surface area contributed by atoms with Crippen molar-refractivity contribution in [2.75, 3.05) is 13.2 Å². The van der Waals surface area contributed by atoms with Gasteiger partial charge in [-0.1, -0.05) is 13.8 Å². The smallest absolute Gasteiger partial charge is 0.218 e. The quantitative estimate of drug-likeness (QED) is 0.506. The summed E-state index contributed by atoms with van der Waals surface area (Å²) in [4.78, 5) is 10.4. The van der Waals surface area contributed by atoms with Gasteiger partial charge >= 0.3 is 0 Å². The Bertz CT molecular complexity index is 137. The first-order chi connectivity index (χ1) is 5.57. The standard InChI is InChI=1S/C8H18N2O2/c1-6(2)7(5-11)10-4-3-8(9)12/h6-7,10-11H,3-5H2,1-2H3,(H2,9,12)/t7-/m1/s1. The van der Waals surface area contributed by atoms with Crippen LogP contribution in [0.1, 0.15) is 20.3 Å². The predicted octanol–water partition coefficient (Wildman–Crippen LogP) is -0.532. The van der Waals surface area contributed by atoms with Crippen molar-refractivity contribution in [3.63, 3.8) is 0 Å². The number of hydrogen-bond donors (Lipinski definition) is 3. The highest BCUT2D eigenvalue weighted by Crippen LogP contribution is 1.99. The van der Waals surface area contributed by atoms with Gasteiger partial charge in [0.1, 0.15) is 0 Å². The lowest BCUT2D eigenvalue weighted by atomic mass is 10.1. The minimum absolute atomic E-state index is 0.0596. The van der Waals surface area contributed by atoms with Crippen molar-refractivity contribution < 1.29 is 9.90 Å². The zero-order chi connectivity index (χ0) is 9.56. The van der Waals surface area contributed by atoms with Gasteiger partial charge in [-0.15, -0.1) is 0 Å². The van der Waals surface area contributed by atoms with Crippen LogP contribution in [0.2, 0.25) is 0 Å². The number of rotatable bonds is 6. The lowest BCUT2D eigenvalue weighted by Crippen LogP contribution is -2.38. The van der Waals surface area contributed by atoms with Crippen LogP contribution in [0.5, 0.6) is 0 Å². The molecule has 72 valence electrons. The first kappa shape index (κ1) is 11.4. The van der Waals surface area contributed by atoms with Crippen LogP contribution in [0.3, 0.4) is 0 Å². The summed E-state index contributed by atoms with van der Waals surface area (Å²) in [6.07, 6.45) is 0.323. The topological polar surface area (TPSA) is 75.3 Å². The maximum Gasteiger partial charge on any atom is 0.218 e. The van der Waals surface area contributed by atoms with E-state index in [4.69, 9.17) is 10.8 Å². The van der Waals surface area contributed by atoms with Crippen LogP contribution in [-0.4, -0.2) is 30.2 Å². The Balaban J connectivity index is 3.51. The molecule has 0 unspecified atom stereocenters. The Kier molecular flexibility index (Phi) is 5.66. The molecule has 12 heavy (non-hydrogen) atoms. The molecule has 0 aliphatic rings. The predicted molar refractivity (Wildman–Crippen MR) is 47.5 cm³/mol. The molecule has 0 aromatic carbocycles. The van der Waals surface area contributed by atoms with Gasteiger partial charge in [0.15, 0.2) is 0 Å². The maximum absolute atomic E-state index is 10.4. The second-order valence-electron chi connectivity index (χ2n) is 3.20. The molecule has 0 radical (unpaired) electrons. The van der Waals surface area contributed by atoms with Crippen molar-refractivity contribution >= 4 is 5.91 Å². The number of hydrogen-bond acceptors (Lipinski definition) is 3. The fourth-order valence-electron chi connectivity index (χ4n) is 0.892. The molecule has 0 saturated heterocycles. The van der Waals surface area contributed by atoms with Crippen molar-refractivity contribution in [2.24, 2.45) is 11.7 Å². The molecule has 0 fully saturated rings. The molecule has 0 spiro atoms. The van der Waals surface area contributed by atoms with Crippen LogP contribution in [0.4, 0.5) is 0 Å². The molecule has 1 amide bonds. The van der Waals surface area contributed by atoms with Gasteiger partial charge in [0, 0.05) is 19.0 Å². The number of nitrogens with one attached hydrogen (secondary N) is 1. The van der Waals surface area contributed by atoms with Crippen LogP contribution < -0.4 is 11.1 Å². The van der Waals surface area contributed by atoms with E-state index >= 15 is 0 Å². The lowest BCUT2D eigenvalue weighted by molar-refractivity contribution is -0.117. The fraction of sp³-hybridized carbons (Fsp3) is 0.875. The Labute approximate surface area is 73.1 Å². The average Bonchev–Trinajstić information content (AvgIpc) is 1.96. The maximum atomic E-state index is 10.4. The van der Waals surface area contributed by atoms with Crippen molar-refractivity contribution in [3.05, 3.63) is 0 Å². The molecule has 0 rings (SSSR count). The monoisotopic (exact) mass is 174 g/mol. The molecule has 4 N–H and O–H groups in total. The molecule has 0 saturated carbocycles. The molecule has 0 aromatic rings. The summed E-state index contributed by atoms with van der Waals surface area (Å²) >= 11 is 0. The van der Waals surface area contributed by atoms with Crippen molar-refractivity contribution in [3.8, 4) is 0 Å². The minimum atomic E-state index is -0.317. The Morgan fingerprint density at radius 2 is 2.17 bits per heavy atom. The van der Waals surface area contributed by atoms with Crippen LogP contribution in [0.25, 0.3) is 0 Å². The average molecular weight is 174 g/mol. The van der Waals surface area contributed by atoms with E-state index < -0.39 is 0 Å². The van der Waals surface area contributed by atoms with E-state index in [9.17, 15) is 4.79 Å². The number of primary amides is 1. The van der Waals surface area contributed by atoms with Gasteiger partial charge in [-0.2, -0.15) is 0 Å². The zero-order valence-electron chi connectivity index (χ0n) is 7.71. The lowest BCUT2D eigenvalue weighted by Gasteiger charge is -2.19. The number of aliphatic hydroxyl groups excluding tert-OH is 1. The molecule has 1 atom stereocenters. The highest BCUT2D eigenvalue weighted by atomic mass is 16.3. The van der Waals surface area contributed by atoms with Crippen molar-refractivity contribution in [2.45, 2.75) is 26.3 Å². The van der Waals surface area contributed by atoms with E-state index in [1.54, 1.807) is 0 Å². The van der Waals surface area contributed by atoms with E-state index in [1.165, 1.54) is 0 Å². The molecular weight excluding hydrogens is 156 g/mol. The summed E-state index contributed by atoms with van der Waals surface area (Å²) in [5, 5.41) is 11.9. The molecule has 0 bridgehead atoms. The van der Waals surface area contributed by atoms with Crippen LogP contribution >= 0.6 is 0 Å². The molecule has 0 aliphatic heterocycles. The fourth-order valence-corrected chi connectivity index (χ4v) is 0.892. The summed E-state index contributed by atoms with van der Waals surface area (Å²) < 4.78 is 0. The number of carbonyl (C=O) groups excluding carboxylic acids is 1. The van der Waals surface area contributed by atoms with Gasteiger partial charge in [0.05, 0.1) is 6.61 Å².